The third-order valence-corrected chi connectivity index (χ3v) is 4.15. The molecule has 0 N–H and O–H groups in total. The van der Waals surface area contributed by atoms with Gasteiger partial charge in [0.25, 0.3) is 15.6 Å². The van der Waals surface area contributed by atoms with Crippen LogP contribution in [0.2, 0.25) is 0 Å². The standard InChI is InChI=1S/C13H14N2O3S/c1-3-4-8-12(16)13(15-14)19(17,18)11-7-5-6-10(2)9-11/h3,5-7,9H,1,4,8H2,2H3. The van der Waals surface area contributed by atoms with Crippen molar-refractivity contribution in [2.75, 3.05) is 0 Å². The highest BCUT2D eigenvalue weighted by atomic mass is 32.2. The van der Waals surface area contributed by atoms with Gasteiger partial charge < -0.3 is 5.53 Å². The Morgan fingerprint density at radius 1 is 1.47 bits per heavy atom. The largest absolute Gasteiger partial charge is 0.451 e. The molecule has 0 aliphatic rings. The number of rotatable bonds is 5. The Morgan fingerprint density at radius 2 is 2.16 bits per heavy atom. The highest BCUT2D eigenvalue weighted by Gasteiger charge is 2.36. The first-order chi connectivity index (χ1) is 8.93. The average Bonchev–Trinajstić information content (AvgIpc) is 2.36. The molecule has 0 aliphatic carbocycles. The Labute approximate surface area is 112 Å². The second-order valence-electron chi connectivity index (χ2n) is 3.98. The maximum atomic E-state index is 12.2. The molecule has 0 amide bonds. The zero-order valence-corrected chi connectivity index (χ0v) is 11.4. The first-order valence-corrected chi connectivity index (χ1v) is 7.09. The van der Waals surface area contributed by atoms with Crippen LogP contribution >= 0.6 is 0 Å². The first kappa shape index (κ1) is 15.0. The minimum Gasteiger partial charge on any atom is -0.360 e. The number of ketones is 1. The number of Topliss-reactive ketones (excluding diaryl/α,β-unsaturated/α-hetero) is 1. The van der Waals surface area contributed by atoms with Crippen LogP contribution in [0, 0.1) is 6.92 Å². The van der Waals surface area contributed by atoms with E-state index in [0.717, 1.165) is 5.56 Å². The highest BCUT2D eigenvalue weighted by molar-refractivity contribution is 8.08. The maximum absolute atomic E-state index is 12.2. The Balaban J connectivity index is 3.21. The average molecular weight is 278 g/mol. The van der Waals surface area contributed by atoms with Crippen molar-refractivity contribution in [3.05, 3.63) is 48.0 Å². The van der Waals surface area contributed by atoms with E-state index in [2.05, 4.69) is 11.4 Å². The molecule has 0 atom stereocenters. The van der Waals surface area contributed by atoms with E-state index in [0.29, 0.717) is 6.42 Å². The second kappa shape index (κ2) is 6.22. The molecule has 100 valence electrons. The van der Waals surface area contributed by atoms with Gasteiger partial charge in [0.05, 0.1) is 4.90 Å². The Morgan fingerprint density at radius 3 is 2.68 bits per heavy atom. The monoisotopic (exact) mass is 278 g/mol. The van der Waals surface area contributed by atoms with Gasteiger partial charge in [0, 0.05) is 6.42 Å². The van der Waals surface area contributed by atoms with E-state index in [1.165, 1.54) is 18.2 Å². The topological polar surface area (TPSA) is 87.6 Å². The molecule has 0 aliphatic heterocycles. The van der Waals surface area contributed by atoms with Crippen LogP contribution in [0.4, 0.5) is 0 Å². The molecule has 19 heavy (non-hydrogen) atoms. The molecule has 0 bridgehead atoms. The molecule has 1 aromatic rings. The van der Waals surface area contributed by atoms with Crippen molar-refractivity contribution in [1.29, 1.82) is 0 Å². The summed E-state index contributed by atoms with van der Waals surface area (Å²) in [5.74, 6) is -0.732. The second-order valence-corrected chi connectivity index (χ2v) is 5.84. The van der Waals surface area contributed by atoms with Crippen molar-refractivity contribution < 1.29 is 18.0 Å². The molecule has 1 aromatic carbocycles. The summed E-state index contributed by atoms with van der Waals surface area (Å²) >= 11 is 0. The van der Waals surface area contributed by atoms with Gasteiger partial charge in [0.15, 0.2) is 0 Å². The molecule has 0 spiro atoms. The van der Waals surface area contributed by atoms with Gasteiger partial charge in [0.2, 0.25) is 0 Å². The number of carbonyl (C=O) groups excluding carboxylic acids is 1. The molecule has 0 radical (unpaired) electrons. The summed E-state index contributed by atoms with van der Waals surface area (Å²) in [6, 6.07) is 6.06. The number of allylic oxidation sites excluding steroid dienone is 1. The molecular weight excluding hydrogens is 264 g/mol. The van der Waals surface area contributed by atoms with E-state index in [-0.39, 0.29) is 11.3 Å². The SMILES string of the molecule is C=CCCC(=O)C(=[N+]=[N-])S(=O)(=O)c1cccc(C)c1. The summed E-state index contributed by atoms with van der Waals surface area (Å²) in [6.45, 7) is 5.18. The lowest BCUT2D eigenvalue weighted by atomic mass is 10.2. The lowest BCUT2D eigenvalue weighted by Gasteiger charge is -2.00. The molecule has 5 nitrogen and oxygen atoms in total. The van der Waals surface area contributed by atoms with Crippen LogP contribution in [0.3, 0.4) is 0 Å². The van der Waals surface area contributed by atoms with Gasteiger partial charge in [-0.1, -0.05) is 18.2 Å². The summed E-state index contributed by atoms with van der Waals surface area (Å²) in [5, 5.41) is -0.833. The van der Waals surface area contributed by atoms with Crippen LogP contribution < -0.4 is 0 Å². The van der Waals surface area contributed by atoms with Crippen molar-refractivity contribution in [2.45, 2.75) is 24.7 Å². The maximum Gasteiger partial charge on any atom is 0.451 e. The van der Waals surface area contributed by atoms with E-state index in [1.54, 1.807) is 19.1 Å². The summed E-state index contributed by atoms with van der Waals surface area (Å²) in [7, 11) is -4.09. The predicted molar refractivity (Wildman–Crippen MR) is 71.4 cm³/mol. The molecule has 0 unspecified atom stereocenters. The lowest BCUT2D eigenvalue weighted by Crippen LogP contribution is -2.25. The summed E-state index contributed by atoms with van der Waals surface area (Å²) in [4.78, 5) is 14.3. The highest BCUT2D eigenvalue weighted by Crippen LogP contribution is 2.15. The number of nitrogens with zero attached hydrogens (tertiary/aromatic N) is 2. The minimum atomic E-state index is -4.09. The van der Waals surface area contributed by atoms with Crippen LogP contribution in [-0.4, -0.2) is 24.0 Å². The Hall–Kier alpha value is -2.04. The molecular formula is C13H14N2O3S. The Bertz CT molecular complexity index is 656. The van der Waals surface area contributed by atoms with Crippen molar-refractivity contribution in [3.63, 3.8) is 0 Å². The van der Waals surface area contributed by atoms with E-state index in [1.807, 2.05) is 0 Å². The number of hydrogen-bond acceptors (Lipinski definition) is 3. The van der Waals surface area contributed by atoms with Gasteiger partial charge in [-0.25, -0.2) is 8.42 Å². The van der Waals surface area contributed by atoms with Gasteiger partial charge in [-0.2, -0.15) is 0 Å². The number of aryl methyl sites for hydroxylation is 1. The van der Waals surface area contributed by atoms with Gasteiger partial charge in [-0.05, 0) is 31.0 Å². The number of carbonyl (C=O) groups is 1. The van der Waals surface area contributed by atoms with Crippen LogP contribution in [-0.2, 0) is 14.6 Å². The lowest BCUT2D eigenvalue weighted by molar-refractivity contribution is -0.116. The Kier molecular flexibility index (Phi) is 4.92. The van der Waals surface area contributed by atoms with E-state index in [9.17, 15) is 13.2 Å². The minimum absolute atomic E-state index is 0.0616. The number of sulfone groups is 1. The fourth-order valence-corrected chi connectivity index (χ4v) is 2.82. The van der Waals surface area contributed by atoms with Crippen molar-refractivity contribution in [3.8, 4) is 0 Å². The molecule has 1 rings (SSSR count). The normalized spacial score (nSPS) is 10.6. The van der Waals surface area contributed by atoms with Gasteiger partial charge >= 0.3 is 5.04 Å². The smallest absolute Gasteiger partial charge is 0.360 e. The van der Waals surface area contributed by atoms with Gasteiger partial charge in [0.1, 0.15) is 0 Å². The van der Waals surface area contributed by atoms with Gasteiger partial charge in [-0.3, -0.25) is 4.79 Å². The number of benzene rings is 1. The van der Waals surface area contributed by atoms with Crippen LogP contribution in [0.5, 0.6) is 0 Å². The van der Waals surface area contributed by atoms with Gasteiger partial charge in [-0.15, -0.1) is 11.4 Å². The third kappa shape index (κ3) is 3.47. The molecule has 0 aromatic heterocycles. The van der Waals surface area contributed by atoms with E-state index in [4.69, 9.17) is 5.53 Å². The molecule has 0 saturated heterocycles. The van der Waals surface area contributed by atoms with E-state index >= 15 is 0 Å². The number of hydrogen-bond donors (Lipinski definition) is 0. The van der Waals surface area contributed by atoms with Crippen molar-refractivity contribution in [2.24, 2.45) is 0 Å². The molecule has 6 heteroatoms. The van der Waals surface area contributed by atoms with Crippen LogP contribution in [0.1, 0.15) is 18.4 Å². The fourth-order valence-electron chi connectivity index (χ4n) is 1.49. The summed E-state index contributed by atoms with van der Waals surface area (Å²) < 4.78 is 24.4. The van der Waals surface area contributed by atoms with E-state index < -0.39 is 20.7 Å². The zero-order chi connectivity index (χ0) is 14.5. The van der Waals surface area contributed by atoms with Crippen LogP contribution in [0.25, 0.3) is 5.53 Å². The third-order valence-electron chi connectivity index (χ3n) is 2.46. The molecule has 0 fully saturated rings. The predicted octanol–water partition coefficient (Wildman–Crippen LogP) is 1.93. The molecule has 0 heterocycles. The van der Waals surface area contributed by atoms with Crippen LogP contribution in [0.15, 0.2) is 41.8 Å². The van der Waals surface area contributed by atoms with Crippen molar-refractivity contribution in [1.82, 2.24) is 0 Å². The fraction of sp³-hybridized carbons (Fsp3) is 0.231. The van der Waals surface area contributed by atoms with Crippen molar-refractivity contribution >= 4 is 20.7 Å². The summed E-state index contributed by atoms with van der Waals surface area (Å²) in [6.07, 6.45) is 1.75. The zero-order valence-electron chi connectivity index (χ0n) is 10.5. The first-order valence-electron chi connectivity index (χ1n) is 5.61. The summed E-state index contributed by atoms with van der Waals surface area (Å²) in [5.41, 5.74) is 9.56. The quantitative estimate of drug-likeness (QED) is 0.271. The molecule has 0 saturated carbocycles.